The van der Waals surface area contributed by atoms with Gasteiger partial charge in [0.2, 0.25) is 0 Å². The van der Waals surface area contributed by atoms with Gasteiger partial charge in [-0.3, -0.25) is 0 Å². The molecule has 198 valence electrons. The number of hydrogen-bond donors (Lipinski definition) is 0. The van der Waals surface area contributed by atoms with Gasteiger partial charge in [0.1, 0.15) is 6.10 Å². The number of ether oxygens (including phenoxy) is 2. The van der Waals surface area contributed by atoms with Crippen LogP contribution in [-0.4, -0.2) is 37.7 Å². The van der Waals surface area contributed by atoms with Crippen LogP contribution in [0.2, 0.25) is 0 Å². The fourth-order valence-corrected chi connectivity index (χ4v) is 10.8. The molecule has 4 aliphatic carbocycles. The fourth-order valence-electron chi connectivity index (χ4n) is 10.8. The van der Waals surface area contributed by atoms with Gasteiger partial charge in [-0.1, -0.05) is 55.5 Å². The van der Waals surface area contributed by atoms with Crippen molar-refractivity contribution < 1.29 is 9.47 Å². The van der Waals surface area contributed by atoms with Crippen LogP contribution in [0.3, 0.4) is 0 Å². The Balaban J connectivity index is 1.19. The molecule has 6 aliphatic rings. The third-order valence-electron chi connectivity index (χ3n) is 12.4. The molecule has 0 unspecified atom stereocenters. The predicted octanol–water partition coefficient (Wildman–Crippen LogP) is 7.33. The van der Waals surface area contributed by atoms with E-state index in [9.17, 15) is 0 Å². The van der Waals surface area contributed by atoms with Crippen LogP contribution in [0.1, 0.15) is 68.6 Å². The maximum atomic E-state index is 7.27. The second-order valence-corrected chi connectivity index (χ2v) is 13.2. The second kappa shape index (κ2) is 8.01. The summed E-state index contributed by atoms with van der Waals surface area (Å²) in [5, 5.41) is 2.80. The lowest BCUT2D eigenvalue weighted by molar-refractivity contribution is -0.239. The van der Waals surface area contributed by atoms with Crippen molar-refractivity contribution in [3.05, 3.63) is 71.3 Å². The van der Waals surface area contributed by atoms with Crippen LogP contribution in [0.15, 0.2) is 54.6 Å². The van der Waals surface area contributed by atoms with Crippen molar-refractivity contribution in [2.24, 2.45) is 16.7 Å². The van der Waals surface area contributed by atoms with Crippen molar-refractivity contribution in [2.45, 2.75) is 82.3 Å². The van der Waals surface area contributed by atoms with Crippen molar-refractivity contribution in [1.82, 2.24) is 4.90 Å². The summed E-state index contributed by atoms with van der Waals surface area (Å²) < 4.78 is 13.2. The van der Waals surface area contributed by atoms with Crippen LogP contribution in [0.25, 0.3) is 10.8 Å². The summed E-state index contributed by atoms with van der Waals surface area (Å²) in [6.07, 6.45) is 11.7. The average Bonchev–Trinajstić information content (AvgIpc) is 3.32. The van der Waals surface area contributed by atoms with E-state index in [1.807, 2.05) is 7.11 Å². The zero-order valence-electron chi connectivity index (χ0n) is 23.3. The number of aryl methyl sites for hydroxylation is 1. The number of piperidine rings is 1. The molecule has 2 aliphatic heterocycles. The smallest absolute Gasteiger partial charge is 0.165 e. The number of likely N-dealkylation sites (tertiary alicyclic amines) is 1. The minimum Gasteiger partial charge on any atom is -0.493 e. The summed E-state index contributed by atoms with van der Waals surface area (Å²) in [5.74, 6) is 2.79. The molecule has 4 fully saturated rings. The van der Waals surface area contributed by atoms with Crippen molar-refractivity contribution in [1.29, 1.82) is 0 Å². The van der Waals surface area contributed by atoms with Crippen molar-refractivity contribution >= 4 is 10.8 Å². The molecule has 3 aromatic carbocycles. The van der Waals surface area contributed by atoms with E-state index >= 15 is 0 Å². The summed E-state index contributed by atoms with van der Waals surface area (Å²) in [6.45, 7) is 3.65. The van der Waals surface area contributed by atoms with Crippen LogP contribution >= 0.6 is 0 Å². The van der Waals surface area contributed by atoms with Gasteiger partial charge in [-0.15, -0.1) is 0 Å². The van der Waals surface area contributed by atoms with E-state index in [2.05, 4.69) is 73.5 Å². The summed E-state index contributed by atoms with van der Waals surface area (Å²) in [4.78, 5) is 2.73. The molecule has 2 heterocycles. The number of hydrogen-bond acceptors (Lipinski definition) is 3. The number of methoxy groups -OCH3 is 1. The van der Waals surface area contributed by atoms with Gasteiger partial charge in [0.15, 0.2) is 11.5 Å². The molecular weight excluding hydrogens is 466 g/mol. The summed E-state index contributed by atoms with van der Waals surface area (Å²) in [6, 6.07) is 20.9. The lowest BCUT2D eigenvalue weighted by Crippen LogP contribution is -2.78. The van der Waals surface area contributed by atoms with E-state index in [0.29, 0.717) is 17.6 Å². The third kappa shape index (κ3) is 2.65. The highest BCUT2D eigenvalue weighted by molar-refractivity contribution is 5.85. The van der Waals surface area contributed by atoms with Crippen LogP contribution in [0.5, 0.6) is 11.5 Å². The number of likely N-dealkylation sites (N-methyl/N-ethyl adjacent to an activating group) is 1. The van der Waals surface area contributed by atoms with Gasteiger partial charge in [-0.2, -0.15) is 0 Å². The van der Waals surface area contributed by atoms with Crippen molar-refractivity contribution in [2.75, 3.05) is 20.7 Å². The quantitative estimate of drug-likeness (QED) is 0.349. The molecule has 2 spiro atoms. The molecule has 3 heteroatoms. The predicted molar refractivity (Wildman–Crippen MR) is 153 cm³/mol. The van der Waals surface area contributed by atoms with Gasteiger partial charge in [-0.05, 0) is 111 Å². The van der Waals surface area contributed by atoms with Crippen molar-refractivity contribution in [3.63, 3.8) is 0 Å². The van der Waals surface area contributed by atoms with E-state index in [4.69, 9.17) is 9.47 Å². The Morgan fingerprint density at radius 3 is 2.76 bits per heavy atom. The second-order valence-electron chi connectivity index (χ2n) is 13.2. The van der Waals surface area contributed by atoms with Gasteiger partial charge in [0.05, 0.1) is 7.11 Å². The van der Waals surface area contributed by atoms with E-state index in [1.165, 1.54) is 86.2 Å². The van der Waals surface area contributed by atoms with Crippen molar-refractivity contribution in [3.8, 4) is 11.5 Å². The van der Waals surface area contributed by atoms with Crippen LogP contribution in [-0.2, 0) is 18.3 Å². The monoisotopic (exact) mass is 507 g/mol. The molecule has 0 N–H and O–H groups in total. The maximum absolute atomic E-state index is 7.27. The van der Waals surface area contributed by atoms with E-state index < -0.39 is 0 Å². The molecule has 3 aromatic rings. The first-order valence-corrected chi connectivity index (χ1v) is 15.1. The largest absolute Gasteiger partial charge is 0.493 e. The molecule has 1 saturated heterocycles. The van der Waals surface area contributed by atoms with Gasteiger partial charge in [0, 0.05) is 22.4 Å². The molecule has 9 rings (SSSR count). The molecule has 0 aromatic heterocycles. The highest BCUT2D eigenvalue weighted by Gasteiger charge is 2.79. The van der Waals surface area contributed by atoms with E-state index in [-0.39, 0.29) is 10.8 Å². The molecule has 3 saturated carbocycles. The maximum Gasteiger partial charge on any atom is 0.165 e. The first kappa shape index (κ1) is 23.4. The lowest BCUT2D eigenvalue weighted by atomic mass is 9.32. The van der Waals surface area contributed by atoms with Gasteiger partial charge in [-0.25, -0.2) is 0 Å². The van der Waals surface area contributed by atoms with Crippen LogP contribution in [0.4, 0.5) is 0 Å². The Morgan fingerprint density at radius 2 is 1.89 bits per heavy atom. The molecular formula is C35H41NO2. The van der Waals surface area contributed by atoms with E-state index in [1.54, 1.807) is 5.56 Å². The molecule has 38 heavy (non-hydrogen) atoms. The first-order valence-electron chi connectivity index (χ1n) is 15.1. The first-order chi connectivity index (χ1) is 18.6. The minimum atomic E-state index is 0.169. The van der Waals surface area contributed by atoms with Gasteiger partial charge >= 0.3 is 0 Å². The zero-order chi connectivity index (χ0) is 25.7. The Morgan fingerprint density at radius 1 is 1.03 bits per heavy atom. The number of fused-ring (bicyclic) bond motifs is 3. The normalized spacial score (nSPS) is 36.2. The van der Waals surface area contributed by atoms with Gasteiger partial charge < -0.3 is 14.4 Å². The van der Waals surface area contributed by atoms with E-state index in [0.717, 1.165) is 17.4 Å². The standard InChI is InChI=1S/C35H41NO2/c1-4-33-17-18-34(22-26(33)13-8-12-24-11-7-10-23-9-5-6-14-27(23)24)29-21-25-15-16-28(37-3)31-30(25)35(34,32(33)38-31)19-20-36(29)2/h5-7,9-11,14-16,26,29,32H,4,8,12-13,17-22H2,1-3H3/t26-,29+,32-,33-,34+,35-/m0/s1. The highest BCUT2D eigenvalue weighted by atomic mass is 16.5. The van der Waals surface area contributed by atoms with Crippen LogP contribution in [0, 0.1) is 16.7 Å². The molecule has 4 bridgehead atoms. The average molecular weight is 508 g/mol. The third-order valence-corrected chi connectivity index (χ3v) is 12.4. The number of rotatable bonds is 6. The highest BCUT2D eigenvalue weighted by Crippen LogP contribution is 2.79. The summed E-state index contributed by atoms with van der Waals surface area (Å²) >= 11 is 0. The molecule has 0 amide bonds. The minimum absolute atomic E-state index is 0.169. The lowest BCUT2D eigenvalue weighted by Gasteiger charge is -2.74. The van der Waals surface area contributed by atoms with Crippen LogP contribution < -0.4 is 9.47 Å². The Labute approximate surface area is 227 Å². The van der Waals surface area contributed by atoms with Gasteiger partial charge in [0.25, 0.3) is 0 Å². The molecule has 6 atom stereocenters. The zero-order valence-corrected chi connectivity index (χ0v) is 23.3. The Bertz CT molecular complexity index is 1430. The molecule has 0 radical (unpaired) electrons. The summed E-state index contributed by atoms with van der Waals surface area (Å²) in [5.41, 5.74) is 5.38. The molecule has 3 nitrogen and oxygen atoms in total. The Hall–Kier alpha value is -2.52. The number of benzene rings is 3. The SMILES string of the molecule is CC[C@]12CC[C@@]3(C[C@@H]1CCCc1cccc4ccccc14)[C@H]1Cc4ccc(OC)c5c4[C@@]3(CCN1C)[C@H]2O5. The fraction of sp³-hybridized carbons (Fsp3) is 0.543. The Kier molecular flexibility index (Phi) is 4.92. The summed E-state index contributed by atoms with van der Waals surface area (Å²) in [7, 11) is 4.22. The topological polar surface area (TPSA) is 21.7 Å². The number of nitrogens with zero attached hydrogens (tertiary/aromatic N) is 1.